The highest BCUT2D eigenvalue weighted by Gasteiger charge is 2.21. The van der Waals surface area contributed by atoms with Gasteiger partial charge in [0.1, 0.15) is 5.75 Å². The van der Waals surface area contributed by atoms with Gasteiger partial charge in [-0.3, -0.25) is 0 Å². The molecule has 0 unspecified atom stereocenters. The van der Waals surface area contributed by atoms with Crippen LogP contribution in [0.25, 0.3) is 0 Å². The third-order valence-corrected chi connectivity index (χ3v) is 4.67. The molecule has 0 radical (unpaired) electrons. The summed E-state index contributed by atoms with van der Waals surface area (Å²) < 4.78 is 0. The summed E-state index contributed by atoms with van der Waals surface area (Å²) in [6, 6.07) is 12.3. The fraction of sp³-hybridized carbons (Fsp3) is 0.368. The van der Waals surface area contributed by atoms with Gasteiger partial charge in [0.15, 0.2) is 0 Å². The first-order chi connectivity index (χ1) is 11.1. The average molecular weight is 331 g/mol. The number of fused-ring (bicyclic) bond motifs is 2. The summed E-state index contributed by atoms with van der Waals surface area (Å²) in [5.41, 5.74) is 4.89. The SMILES string of the molecule is CN(C)CCCN1c2ccccc2CCc2cc(O)c(Cl)cc21. The Morgan fingerprint density at radius 3 is 2.61 bits per heavy atom. The van der Waals surface area contributed by atoms with Gasteiger partial charge < -0.3 is 14.9 Å². The Morgan fingerprint density at radius 1 is 1.09 bits per heavy atom. The number of rotatable bonds is 4. The van der Waals surface area contributed by atoms with Crippen LogP contribution >= 0.6 is 11.6 Å². The highest BCUT2D eigenvalue weighted by atomic mass is 35.5. The molecule has 0 atom stereocenters. The van der Waals surface area contributed by atoms with Crippen LogP contribution in [-0.2, 0) is 12.8 Å². The Hall–Kier alpha value is -1.71. The van der Waals surface area contributed by atoms with E-state index in [1.807, 2.05) is 12.1 Å². The molecule has 0 bridgehead atoms. The number of nitrogens with zero attached hydrogens (tertiary/aromatic N) is 2. The quantitative estimate of drug-likeness (QED) is 0.908. The molecule has 1 N–H and O–H groups in total. The number of para-hydroxylation sites is 1. The van der Waals surface area contributed by atoms with Crippen molar-refractivity contribution in [2.45, 2.75) is 19.3 Å². The van der Waals surface area contributed by atoms with Crippen molar-refractivity contribution < 1.29 is 5.11 Å². The van der Waals surface area contributed by atoms with Crippen LogP contribution < -0.4 is 4.90 Å². The van der Waals surface area contributed by atoms with E-state index in [4.69, 9.17) is 11.6 Å². The van der Waals surface area contributed by atoms with E-state index in [-0.39, 0.29) is 5.75 Å². The van der Waals surface area contributed by atoms with Gasteiger partial charge >= 0.3 is 0 Å². The minimum Gasteiger partial charge on any atom is -0.506 e. The predicted octanol–water partition coefficient (Wildman–Crippen LogP) is 4.23. The summed E-state index contributed by atoms with van der Waals surface area (Å²) in [6.07, 6.45) is 2.97. The minimum absolute atomic E-state index is 0.171. The highest BCUT2D eigenvalue weighted by Crippen LogP contribution is 2.40. The summed E-state index contributed by atoms with van der Waals surface area (Å²) in [4.78, 5) is 4.56. The lowest BCUT2D eigenvalue weighted by Crippen LogP contribution is -2.24. The van der Waals surface area contributed by atoms with Gasteiger partial charge in [-0.25, -0.2) is 0 Å². The molecule has 0 aromatic heterocycles. The lowest BCUT2D eigenvalue weighted by atomic mass is 10.0. The molecule has 0 fully saturated rings. The van der Waals surface area contributed by atoms with Gasteiger partial charge in [-0.2, -0.15) is 0 Å². The van der Waals surface area contributed by atoms with Gasteiger partial charge in [-0.15, -0.1) is 0 Å². The van der Waals surface area contributed by atoms with Crippen molar-refractivity contribution in [1.82, 2.24) is 4.90 Å². The van der Waals surface area contributed by atoms with Gasteiger partial charge in [0.25, 0.3) is 0 Å². The van der Waals surface area contributed by atoms with Crippen LogP contribution in [-0.4, -0.2) is 37.2 Å². The molecule has 23 heavy (non-hydrogen) atoms. The second kappa shape index (κ2) is 6.81. The summed E-state index contributed by atoms with van der Waals surface area (Å²) in [5.74, 6) is 0.171. The van der Waals surface area contributed by atoms with E-state index in [9.17, 15) is 5.11 Å². The molecule has 0 spiro atoms. The molecule has 1 aliphatic heterocycles. The zero-order valence-electron chi connectivity index (χ0n) is 13.7. The first kappa shape index (κ1) is 16.2. The van der Waals surface area contributed by atoms with Crippen LogP contribution in [0.2, 0.25) is 5.02 Å². The highest BCUT2D eigenvalue weighted by molar-refractivity contribution is 6.32. The molecule has 1 heterocycles. The number of aryl methyl sites for hydroxylation is 2. The number of anilines is 2. The number of phenols is 1. The summed E-state index contributed by atoms with van der Waals surface area (Å²) in [6.45, 7) is 1.98. The topological polar surface area (TPSA) is 26.7 Å². The Balaban J connectivity index is 2.02. The van der Waals surface area contributed by atoms with Crippen molar-refractivity contribution in [3.8, 4) is 5.75 Å². The molecule has 0 amide bonds. The molecule has 3 rings (SSSR count). The Bertz CT molecular complexity index is 700. The monoisotopic (exact) mass is 330 g/mol. The van der Waals surface area contributed by atoms with E-state index in [2.05, 4.69) is 48.2 Å². The Morgan fingerprint density at radius 2 is 1.83 bits per heavy atom. The van der Waals surface area contributed by atoms with Gasteiger partial charge in [-0.05, 0) is 69.2 Å². The van der Waals surface area contributed by atoms with Gasteiger partial charge in [-0.1, -0.05) is 29.8 Å². The van der Waals surface area contributed by atoms with Crippen molar-refractivity contribution in [1.29, 1.82) is 0 Å². The van der Waals surface area contributed by atoms with Crippen LogP contribution in [0.1, 0.15) is 17.5 Å². The first-order valence-electron chi connectivity index (χ1n) is 8.08. The minimum atomic E-state index is 0.171. The molecule has 4 heteroatoms. The Labute approximate surface area is 143 Å². The fourth-order valence-corrected chi connectivity index (χ4v) is 3.37. The molecule has 0 saturated heterocycles. The number of hydrogen-bond donors (Lipinski definition) is 1. The molecular weight excluding hydrogens is 308 g/mol. The molecule has 2 aromatic rings. The van der Waals surface area contributed by atoms with E-state index < -0.39 is 0 Å². The second-order valence-electron chi connectivity index (χ2n) is 6.37. The maximum absolute atomic E-state index is 9.96. The zero-order chi connectivity index (χ0) is 16.4. The normalized spacial score (nSPS) is 13.7. The third-order valence-electron chi connectivity index (χ3n) is 4.37. The average Bonchev–Trinajstić information content (AvgIpc) is 2.66. The molecule has 0 aliphatic carbocycles. The van der Waals surface area contributed by atoms with Crippen molar-refractivity contribution in [2.75, 3.05) is 32.1 Å². The summed E-state index contributed by atoms with van der Waals surface area (Å²) >= 11 is 6.19. The molecule has 122 valence electrons. The lowest BCUT2D eigenvalue weighted by molar-refractivity contribution is 0.402. The largest absolute Gasteiger partial charge is 0.506 e. The molecule has 0 saturated carbocycles. The Kier molecular flexibility index (Phi) is 4.79. The van der Waals surface area contributed by atoms with Gasteiger partial charge in [0.05, 0.1) is 5.02 Å². The van der Waals surface area contributed by atoms with Crippen molar-refractivity contribution in [3.63, 3.8) is 0 Å². The van der Waals surface area contributed by atoms with E-state index >= 15 is 0 Å². The van der Waals surface area contributed by atoms with Crippen LogP contribution in [0.5, 0.6) is 5.75 Å². The van der Waals surface area contributed by atoms with E-state index in [1.54, 1.807) is 0 Å². The van der Waals surface area contributed by atoms with Crippen LogP contribution in [0.3, 0.4) is 0 Å². The summed E-state index contributed by atoms with van der Waals surface area (Å²) in [7, 11) is 4.19. The number of phenolic OH excluding ortho intramolecular Hbond substituents is 1. The first-order valence-corrected chi connectivity index (χ1v) is 8.45. The fourth-order valence-electron chi connectivity index (χ4n) is 3.22. The number of benzene rings is 2. The summed E-state index contributed by atoms with van der Waals surface area (Å²) in [5, 5.41) is 10.4. The van der Waals surface area contributed by atoms with E-state index in [0.29, 0.717) is 5.02 Å². The van der Waals surface area contributed by atoms with Gasteiger partial charge in [0, 0.05) is 17.9 Å². The standard InChI is InChI=1S/C19H23ClN2O/c1-21(2)10-5-11-22-17-7-4-3-6-14(17)8-9-15-12-19(23)16(20)13-18(15)22/h3-4,6-7,12-13,23H,5,8-11H2,1-2H3. The van der Waals surface area contributed by atoms with E-state index in [1.165, 1.54) is 11.3 Å². The molecular formula is C19H23ClN2O. The second-order valence-corrected chi connectivity index (χ2v) is 6.78. The number of halogens is 1. The smallest absolute Gasteiger partial charge is 0.134 e. The van der Waals surface area contributed by atoms with Crippen LogP contribution in [0.15, 0.2) is 36.4 Å². The maximum Gasteiger partial charge on any atom is 0.134 e. The third kappa shape index (κ3) is 3.46. The molecule has 1 aliphatic rings. The van der Waals surface area contributed by atoms with Crippen LogP contribution in [0.4, 0.5) is 11.4 Å². The maximum atomic E-state index is 9.96. The predicted molar refractivity (Wildman–Crippen MR) is 97.1 cm³/mol. The van der Waals surface area contributed by atoms with Crippen molar-refractivity contribution >= 4 is 23.0 Å². The molecule has 3 nitrogen and oxygen atoms in total. The van der Waals surface area contributed by atoms with Gasteiger partial charge in [0.2, 0.25) is 0 Å². The number of aromatic hydroxyl groups is 1. The van der Waals surface area contributed by atoms with Crippen molar-refractivity contribution in [2.24, 2.45) is 0 Å². The van der Waals surface area contributed by atoms with Crippen LogP contribution in [0, 0.1) is 0 Å². The van der Waals surface area contributed by atoms with E-state index in [0.717, 1.165) is 43.6 Å². The number of hydrogen-bond acceptors (Lipinski definition) is 3. The zero-order valence-corrected chi connectivity index (χ0v) is 14.5. The van der Waals surface area contributed by atoms with Crippen molar-refractivity contribution in [3.05, 3.63) is 52.5 Å². The lowest BCUT2D eigenvalue weighted by Gasteiger charge is -2.28. The molecule has 2 aromatic carbocycles.